The summed E-state index contributed by atoms with van der Waals surface area (Å²) in [6.45, 7) is 0.321. The molecule has 0 saturated carbocycles. The van der Waals surface area contributed by atoms with Crippen LogP contribution in [0, 0.1) is 11.7 Å². The van der Waals surface area contributed by atoms with Gasteiger partial charge in [-0.2, -0.15) is 0 Å². The van der Waals surface area contributed by atoms with Crippen molar-refractivity contribution in [3.05, 3.63) is 71.5 Å². The fourth-order valence-electron chi connectivity index (χ4n) is 2.64. The molecule has 0 bridgehead atoms. The normalized spacial score (nSPS) is 20.3. The number of cyclic esters (lactones) is 1. The summed E-state index contributed by atoms with van der Waals surface area (Å²) in [5.74, 6) is -1.01. The van der Waals surface area contributed by atoms with Crippen molar-refractivity contribution < 1.29 is 18.7 Å². The number of rotatable bonds is 4. The fraction of sp³-hybridized carbons (Fsp3) is 0.222. The van der Waals surface area contributed by atoms with E-state index in [-0.39, 0.29) is 28.3 Å². The second-order valence-corrected chi connectivity index (χ2v) is 6.32. The molecule has 2 unspecified atom stereocenters. The van der Waals surface area contributed by atoms with Gasteiger partial charge < -0.3 is 4.74 Å². The van der Waals surface area contributed by atoms with Crippen LogP contribution < -0.4 is 0 Å². The summed E-state index contributed by atoms with van der Waals surface area (Å²) >= 11 is 0.963. The standard InChI is InChI=1S/C18H15FO3S/c19-16-9-5-4-8-13(16)18(21)23-11-15-14(10-22-17(15)20)12-6-2-1-3-7-12/h1-9,14-15H,10-11H2. The van der Waals surface area contributed by atoms with Gasteiger partial charge in [-0.3, -0.25) is 9.59 Å². The lowest BCUT2D eigenvalue weighted by atomic mass is 9.90. The van der Waals surface area contributed by atoms with E-state index in [0.717, 1.165) is 17.3 Å². The second-order valence-electron chi connectivity index (χ2n) is 5.33. The molecule has 0 aliphatic carbocycles. The lowest BCUT2D eigenvalue weighted by Crippen LogP contribution is -2.18. The smallest absolute Gasteiger partial charge is 0.310 e. The topological polar surface area (TPSA) is 43.4 Å². The van der Waals surface area contributed by atoms with Gasteiger partial charge in [-0.1, -0.05) is 54.2 Å². The molecule has 0 aromatic heterocycles. The van der Waals surface area contributed by atoms with Gasteiger partial charge in [-0.15, -0.1) is 0 Å². The molecule has 2 aromatic rings. The Labute approximate surface area is 137 Å². The summed E-state index contributed by atoms with van der Waals surface area (Å²) in [7, 11) is 0. The Bertz CT molecular complexity index is 717. The summed E-state index contributed by atoms with van der Waals surface area (Å²) in [5, 5.41) is -0.366. The molecule has 5 heteroatoms. The number of hydrogen-bond donors (Lipinski definition) is 0. The first kappa shape index (κ1) is 15.7. The van der Waals surface area contributed by atoms with Crippen molar-refractivity contribution in [1.29, 1.82) is 0 Å². The van der Waals surface area contributed by atoms with Crippen LogP contribution in [-0.4, -0.2) is 23.4 Å². The van der Waals surface area contributed by atoms with E-state index in [1.807, 2.05) is 30.3 Å². The molecule has 2 aromatic carbocycles. The molecule has 1 aliphatic rings. The Hall–Kier alpha value is -2.14. The van der Waals surface area contributed by atoms with Gasteiger partial charge in [0.15, 0.2) is 0 Å². The zero-order valence-electron chi connectivity index (χ0n) is 12.3. The number of benzene rings is 2. The van der Waals surface area contributed by atoms with Gasteiger partial charge in [0.05, 0.1) is 18.1 Å². The summed E-state index contributed by atoms with van der Waals surface area (Å²) in [5.41, 5.74) is 1.06. The number of carbonyl (C=O) groups excluding carboxylic acids is 2. The molecule has 0 N–H and O–H groups in total. The van der Waals surface area contributed by atoms with Crippen LogP contribution in [0.25, 0.3) is 0 Å². The zero-order valence-corrected chi connectivity index (χ0v) is 13.1. The highest BCUT2D eigenvalue weighted by molar-refractivity contribution is 8.14. The van der Waals surface area contributed by atoms with Gasteiger partial charge in [-0.05, 0) is 17.7 Å². The number of hydrogen-bond acceptors (Lipinski definition) is 4. The molecule has 118 valence electrons. The van der Waals surface area contributed by atoms with Crippen LogP contribution in [0.5, 0.6) is 0 Å². The maximum Gasteiger partial charge on any atom is 0.310 e. The minimum atomic E-state index is -0.543. The molecule has 1 saturated heterocycles. The number of thioether (sulfide) groups is 1. The van der Waals surface area contributed by atoms with E-state index in [2.05, 4.69) is 0 Å². The van der Waals surface area contributed by atoms with Gasteiger partial charge in [0.25, 0.3) is 0 Å². The highest BCUT2D eigenvalue weighted by atomic mass is 32.2. The summed E-state index contributed by atoms with van der Waals surface area (Å²) in [4.78, 5) is 24.1. The number of ether oxygens (including phenoxy) is 1. The quantitative estimate of drug-likeness (QED) is 0.803. The van der Waals surface area contributed by atoms with Gasteiger partial charge in [0, 0.05) is 11.7 Å². The molecular weight excluding hydrogens is 315 g/mol. The van der Waals surface area contributed by atoms with Crippen molar-refractivity contribution in [3.63, 3.8) is 0 Å². The Balaban J connectivity index is 1.70. The van der Waals surface area contributed by atoms with Gasteiger partial charge in [0.1, 0.15) is 5.82 Å². The largest absolute Gasteiger partial charge is 0.465 e. The second kappa shape index (κ2) is 6.96. The van der Waals surface area contributed by atoms with E-state index in [0.29, 0.717) is 6.61 Å². The Morgan fingerprint density at radius 2 is 1.83 bits per heavy atom. The summed E-state index contributed by atoms with van der Waals surface area (Å²) < 4.78 is 18.8. The monoisotopic (exact) mass is 330 g/mol. The summed E-state index contributed by atoms with van der Waals surface area (Å²) in [6.07, 6.45) is 0. The van der Waals surface area contributed by atoms with Crippen LogP contribution in [0.3, 0.4) is 0 Å². The van der Waals surface area contributed by atoms with E-state index in [4.69, 9.17) is 4.74 Å². The first-order valence-electron chi connectivity index (χ1n) is 7.30. The van der Waals surface area contributed by atoms with E-state index in [1.165, 1.54) is 18.2 Å². The van der Waals surface area contributed by atoms with Crippen molar-refractivity contribution in [1.82, 2.24) is 0 Å². The van der Waals surface area contributed by atoms with Gasteiger partial charge >= 0.3 is 5.97 Å². The first-order valence-corrected chi connectivity index (χ1v) is 8.28. The highest BCUT2D eigenvalue weighted by Gasteiger charge is 2.38. The molecular formula is C18H15FO3S. The van der Waals surface area contributed by atoms with Crippen molar-refractivity contribution in [2.75, 3.05) is 12.4 Å². The molecule has 3 rings (SSSR count). The molecule has 3 nitrogen and oxygen atoms in total. The van der Waals surface area contributed by atoms with E-state index in [1.54, 1.807) is 6.07 Å². The fourth-order valence-corrected chi connectivity index (χ4v) is 3.66. The number of halogens is 1. The van der Waals surface area contributed by atoms with Crippen LogP contribution in [0.2, 0.25) is 0 Å². The minimum absolute atomic E-state index is 0.0418. The van der Waals surface area contributed by atoms with E-state index < -0.39 is 11.7 Å². The molecule has 2 atom stereocenters. The molecule has 1 heterocycles. The maximum atomic E-state index is 13.6. The predicted octanol–water partition coefficient (Wildman–Crippen LogP) is 3.66. The number of esters is 1. The van der Waals surface area contributed by atoms with Crippen LogP contribution in [0.1, 0.15) is 21.8 Å². The van der Waals surface area contributed by atoms with Crippen LogP contribution in [0.4, 0.5) is 4.39 Å². The summed E-state index contributed by atoms with van der Waals surface area (Å²) in [6, 6.07) is 15.5. The third-order valence-corrected chi connectivity index (χ3v) is 4.92. The molecule has 23 heavy (non-hydrogen) atoms. The lowest BCUT2D eigenvalue weighted by molar-refractivity contribution is -0.140. The molecule has 1 fully saturated rings. The van der Waals surface area contributed by atoms with Crippen molar-refractivity contribution in [2.45, 2.75) is 5.92 Å². The highest BCUT2D eigenvalue weighted by Crippen LogP contribution is 2.34. The maximum absolute atomic E-state index is 13.6. The van der Waals surface area contributed by atoms with E-state index in [9.17, 15) is 14.0 Å². The SMILES string of the molecule is O=C(SCC1C(=O)OCC1c1ccccc1)c1ccccc1F. The van der Waals surface area contributed by atoms with Crippen molar-refractivity contribution in [2.24, 2.45) is 5.92 Å². The Kier molecular flexibility index (Phi) is 4.76. The zero-order chi connectivity index (χ0) is 16.2. The molecule has 1 aliphatic heterocycles. The first-order chi connectivity index (χ1) is 11.2. The van der Waals surface area contributed by atoms with Crippen LogP contribution in [0.15, 0.2) is 54.6 Å². The average molecular weight is 330 g/mol. The molecule has 0 amide bonds. The minimum Gasteiger partial charge on any atom is -0.465 e. The van der Waals surface area contributed by atoms with Crippen LogP contribution in [-0.2, 0) is 9.53 Å². The predicted molar refractivity (Wildman–Crippen MR) is 86.8 cm³/mol. The van der Waals surface area contributed by atoms with Crippen molar-refractivity contribution >= 4 is 22.8 Å². The van der Waals surface area contributed by atoms with Gasteiger partial charge in [-0.25, -0.2) is 4.39 Å². The third-order valence-electron chi connectivity index (χ3n) is 3.91. The number of carbonyl (C=O) groups is 2. The Morgan fingerprint density at radius 1 is 1.13 bits per heavy atom. The Morgan fingerprint density at radius 3 is 2.57 bits per heavy atom. The average Bonchev–Trinajstić information content (AvgIpc) is 2.94. The third kappa shape index (κ3) is 3.45. The molecule has 0 spiro atoms. The van der Waals surface area contributed by atoms with Crippen molar-refractivity contribution in [3.8, 4) is 0 Å². The van der Waals surface area contributed by atoms with Gasteiger partial charge in [0.2, 0.25) is 5.12 Å². The van der Waals surface area contributed by atoms with Crippen LogP contribution >= 0.6 is 11.8 Å². The lowest BCUT2D eigenvalue weighted by Gasteiger charge is -2.14. The molecule has 0 radical (unpaired) electrons. The van der Waals surface area contributed by atoms with E-state index >= 15 is 0 Å².